The number of nitro groups is 1. The lowest BCUT2D eigenvalue weighted by Crippen LogP contribution is -2.25. The van der Waals surface area contributed by atoms with Crippen molar-refractivity contribution >= 4 is 11.6 Å². The summed E-state index contributed by atoms with van der Waals surface area (Å²) in [6.07, 6.45) is 1.28. The number of carbonyl (C=O) groups is 1. The van der Waals surface area contributed by atoms with Crippen molar-refractivity contribution in [1.82, 2.24) is 5.32 Å². The fourth-order valence-electron chi connectivity index (χ4n) is 1.54. The van der Waals surface area contributed by atoms with Crippen LogP contribution in [-0.2, 0) is 4.79 Å². The molecular formula is C13H18N2O5. The van der Waals surface area contributed by atoms with Gasteiger partial charge in [0.1, 0.15) is 0 Å². The number of hydrogen-bond donors (Lipinski definition) is 2. The average molecular weight is 282 g/mol. The monoisotopic (exact) mass is 282 g/mol. The molecule has 0 aliphatic heterocycles. The average Bonchev–Trinajstić information content (AvgIpc) is 2.44. The maximum atomic E-state index is 11.3. The number of ether oxygens (including phenoxy) is 1. The van der Waals surface area contributed by atoms with Crippen molar-refractivity contribution in [1.29, 1.82) is 0 Å². The molecule has 1 rings (SSSR count). The third kappa shape index (κ3) is 5.66. The van der Waals surface area contributed by atoms with E-state index in [1.807, 2.05) is 0 Å². The SMILES string of the molecule is O=C(CCCOc1ccccc1[N+](=O)[O-])NCCCO. The maximum absolute atomic E-state index is 11.3. The number of nitro benzene ring substituents is 1. The molecule has 1 amide bonds. The number of hydrogen-bond acceptors (Lipinski definition) is 5. The van der Waals surface area contributed by atoms with Crippen molar-refractivity contribution in [2.45, 2.75) is 19.3 Å². The van der Waals surface area contributed by atoms with E-state index < -0.39 is 4.92 Å². The quantitative estimate of drug-likeness (QED) is 0.403. The van der Waals surface area contributed by atoms with Gasteiger partial charge in [0.05, 0.1) is 11.5 Å². The van der Waals surface area contributed by atoms with Crippen LogP contribution in [0.2, 0.25) is 0 Å². The highest BCUT2D eigenvalue weighted by Crippen LogP contribution is 2.25. The minimum absolute atomic E-state index is 0.0427. The first kappa shape index (κ1) is 15.9. The van der Waals surface area contributed by atoms with Crippen LogP contribution >= 0.6 is 0 Å². The lowest BCUT2D eigenvalue weighted by Gasteiger charge is -2.07. The van der Waals surface area contributed by atoms with Crippen LogP contribution in [-0.4, -0.2) is 35.7 Å². The fourth-order valence-corrected chi connectivity index (χ4v) is 1.54. The summed E-state index contributed by atoms with van der Waals surface area (Å²) in [6, 6.07) is 6.12. The van der Waals surface area contributed by atoms with E-state index in [4.69, 9.17) is 9.84 Å². The number of nitrogens with zero attached hydrogens (tertiary/aromatic N) is 1. The van der Waals surface area contributed by atoms with E-state index in [1.165, 1.54) is 12.1 Å². The number of amides is 1. The van der Waals surface area contributed by atoms with Gasteiger partial charge in [-0.3, -0.25) is 14.9 Å². The van der Waals surface area contributed by atoms with Crippen LogP contribution < -0.4 is 10.1 Å². The molecule has 7 nitrogen and oxygen atoms in total. The van der Waals surface area contributed by atoms with Crippen LogP contribution in [0, 0.1) is 10.1 Å². The first-order valence-corrected chi connectivity index (χ1v) is 6.39. The van der Waals surface area contributed by atoms with Gasteiger partial charge in [0.15, 0.2) is 5.75 Å². The normalized spacial score (nSPS) is 10.1. The minimum atomic E-state index is -0.503. The van der Waals surface area contributed by atoms with E-state index in [0.717, 1.165) is 0 Å². The molecule has 0 spiro atoms. The molecule has 0 aromatic heterocycles. The van der Waals surface area contributed by atoms with Gasteiger partial charge in [-0.25, -0.2) is 0 Å². The molecule has 0 fully saturated rings. The number of para-hydroxylation sites is 2. The number of rotatable bonds is 9. The Morgan fingerprint density at radius 2 is 2.10 bits per heavy atom. The molecule has 2 N–H and O–H groups in total. The number of aliphatic hydroxyl groups excluding tert-OH is 1. The molecule has 1 aromatic carbocycles. The highest BCUT2D eigenvalue weighted by Gasteiger charge is 2.13. The van der Waals surface area contributed by atoms with Gasteiger partial charge in [-0.15, -0.1) is 0 Å². The number of aliphatic hydroxyl groups is 1. The van der Waals surface area contributed by atoms with Crippen molar-refractivity contribution in [3.63, 3.8) is 0 Å². The summed E-state index contributed by atoms with van der Waals surface area (Å²) < 4.78 is 5.31. The summed E-state index contributed by atoms with van der Waals surface area (Å²) in [5.74, 6) is 0.0859. The second-order valence-electron chi connectivity index (χ2n) is 4.10. The van der Waals surface area contributed by atoms with Crippen LogP contribution in [0.3, 0.4) is 0 Å². The van der Waals surface area contributed by atoms with Gasteiger partial charge in [-0.1, -0.05) is 12.1 Å². The predicted molar refractivity (Wildman–Crippen MR) is 72.5 cm³/mol. The summed E-state index contributed by atoms with van der Waals surface area (Å²) in [6.45, 7) is 0.722. The Bertz CT molecular complexity index is 450. The Hall–Kier alpha value is -2.15. The third-order valence-corrected chi connectivity index (χ3v) is 2.52. The summed E-state index contributed by atoms with van der Waals surface area (Å²) >= 11 is 0. The topological polar surface area (TPSA) is 102 Å². The Labute approximate surface area is 116 Å². The van der Waals surface area contributed by atoms with Crippen LogP contribution in [0.25, 0.3) is 0 Å². The van der Waals surface area contributed by atoms with Gasteiger partial charge in [0.25, 0.3) is 0 Å². The lowest BCUT2D eigenvalue weighted by atomic mass is 10.3. The van der Waals surface area contributed by atoms with E-state index in [2.05, 4.69) is 5.32 Å². The number of nitrogens with one attached hydrogen (secondary N) is 1. The Balaban J connectivity index is 2.28. The Morgan fingerprint density at radius 1 is 1.35 bits per heavy atom. The van der Waals surface area contributed by atoms with Crippen LogP contribution in [0.5, 0.6) is 5.75 Å². The predicted octanol–water partition coefficient (Wildman–Crippen LogP) is 1.25. The zero-order chi connectivity index (χ0) is 14.8. The summed E-state index contributed by atoms with van der Waals surface area (Å²) in [5, 5.41) is 22.0. The van der Waals surface area contributed by atoms with Gasteiger partial charge in [-0.05, 0) is 18.9 Å². The summed E-state index contributed by atoms with van der Waals surface area (Å²) in [5.41, 5.74) is -0.0834. The smallest absolute Gasteiger partial charge is 0.310 e. The molecule has 0 radical (unpaired) electrons. The zero-order valence-corrected chi connectivity index (χ0v) is 11.1. The molecule has 0 saturated heterocycles. The van der Waals surface area contributed by atoms with E-state index in [1.54, 1.807) is 12.1 Å². The van der Waals surface area contributed by atoms with Gasteiger partial charge in [0, 0.05) is 25.6 Å². The molecule has 0 saturated carbocycles. The van der Waals surface area contributed by atoms with Crippen molar-refractivity contribution in [2.24, 2.45) is 0 Å². The summed E-state index contributed by atoms with van der Waals surface area (Å²) in [7, 11) is 0. The molecule has 0 bridgehead atoms. The van der Waals surface area contributed by atoms with Crippen molar-refractivity contribution < 1.29 is 19.6 Å². The molecule has 0 heterocycles. The Morgan fingerprint density at radius 3 is 2.80 bits per heavy atom. The largest absolute Gasteiger partial charge is 0.487 e. The highest BCUT2D eigenvalue weighted by atomic mass is 16.6. The van der Waals surface area contributed by atoms with Gasteiger partial charge in [-0.2, -0.15) is 0 Å². The van der Waals surface area contributed by atoms with Crippen LogP contribution in [0.4, 0.5) is 5.69 Å². The molecule has 1 aromatic rings. The van der Waals surface area contributed by atoms with Crippen molar-refractivity contribution in [3.05, 3.63) is 34.4 Å². The summed E-state index contributed by atoms with van der Waals surface area (Å²) in [4.78, 5) is 21.6. The van der Waals surface area contributed by atoms with E-state index in [-0.39, 0.29) is 37.0 Å². The van der Waals surface area contributed by atoms with Gasteiger partial charge < -0.3 is 15.2 Å². The molecule has 0 unspecified atom stereocenters. The zero-order valence-electron chi connectivity index (χ0n) is 11.1. The number of benzene rings is 1. The molecule has 7 heteroatoms. The van der Waals surface area contributed by atoms with Crippen LogP contribution in [0.1, 0.15) is 19.3 Å². The first-order chi connectivity index (χ1) is 9.65. The molecular weight excluding hydrogens is 264 g/mol. The lowest BCUT2D eigenvalue weighted by molar-refractivity contribution is -0.385. The van der Waals surface area contributed by atoms with Gasteiger partial charge >= 0.3 is 5.69 Å². The first-order valence-electron chi connectivity index (χ1n) is 6.39. The third-order valence-electron chi connectivity index (χ3n) is 2.52. The standard InChI is InChI=1S/C13H18N2O5/c16-9-4-8-14-13(17)7-3-10-20-12-6-2-1-5-11(12)15(18)19/h1-2,5-6,16H,3-4,7-10H2,(H,14,17). The van der Waals surface area contributed by atoms with Crippen molar-refractivity contribution in [3.8, 4) is 5.75 Å². The molecule has 0 atom stereocenters. The molecule has 0 aliphatic rings. The second-order valence-corrected chi connectivity index (χ2v) is 4.10. The molecule has 20 heavy (non-hydrogen) atoms. The van der Waals surface area contributed by atoms with Gasteiger partial charge in [0.2, 0.25) is 5.91 Å². The van der Waals surface area contributed by atoms with Crippen molar-refractivity contribution in [2.75, 3.05) is 19.8 Å². The van der Waals surface area contributed by atoms with E-state index in [0.29, 0.717) is 19.4 Å². The minimum Gasteiger partial charge on any atom is -0.487 e. The van der Waals surface area contributed by atoms with E-state index in [9.17, 15) is 14.9 Å². The highest BCUT2D eigenvalue weighted by molar-refractivity contribution is 5.75. The van der Waals surface area contributed by atoms with Crippen LogP contribution in [0.15, 0.2) is 24.3 Å². The Kier molecular flexibility index (Phi) is 7.05. The molecule has 110 valence electrons. The maximum Gasteiger partial charge on any atom is 0.310 e. The molecule has 0 aliphatic carbocycles. The number of carbonyl (C=O) groups excluding carboxylic acids is 1. The van der Waals surface area contributed by atoms with E-state index >= 15 is 0 Å². The fraction of sp³-hybridized carbons (Fsp3) is 0.462. The second kappa shape index (κ2) is 8.87.